The Labute approximate surface area is 308 Å². The molecule has 0 aliphatic heterocycles. The van der Waals surface area contributed by atoms with Crippen LogP contribution < -0.4 is 0 Å². The molecular formula is C41H79Cl2O4P. The molecule has 4 nitrogen and oxygen atoms in total. The van der Waals surface area contributed by atoms with Crippen LogP contribution in [0.3, 0.4) is 0 Å². The van der Waals surface area contributed by atoms with Crippen molar-refractivity contribution in [2.24, 2.45) is 11.8 Å². The van der Waals surface area contributed by atoms with Gasteiger partial charge in [-0.15, -0.1) is 0 Å². The Hall–Kier alpha value is 0.690. The number of unbranched alkanes of at least 4 members (excludes halogenated alkanes) is 20. The van der Waals surface area contributed by atoms with Crippen LogP contribution in [0.25, 0.3) is 0 Å². The second-order valence-corrected chi connectivity index (χ2v) is 19.9. The first kappa shape index (κ1) is 44.8. The van der Waals surface area contributed by atoms with Crippen LogP contribution in [-0.2, 0) is 18.6 Å². The normalized spacial score (nSPS) is 17.3. The third-order valence-corrected chi connectivity index (χ3v) is 12.2. The van der Waals surface area contributed by atoms with Crippen molar-refractivity contribution < 1.29 is 18.6 Å². The Bertz CT molecular complexity index is 723. The fourth-order valence-corrected chi connectivity index (χ4v) is 8.76. The molecule has 0 aromatic heterocycles. The monoisotopic (exact) mass is 737 g/mol. The first-order valence-corrected chi connectivity index (χ1v) is 24.8. The molecular weight excluding hydrogens is 658 g/mol. The van der Waals surface area contributed by atoms with Crippen molar-refractivity contribution >= 4 is 28.6 Å². The summed E-state index contributed by atoms with van der Waals surface area (Å²) in [5.41, 5.74) is 0. The van der Waals surface area contributed by atoms with E-state index in [0.29, 0.717) is 13.2 Å². The van der Waals surface area contributed by atoms with E-state index in [4.69, 9.17) is 36.5 Å². The molecule has 286 valence electrons. The highest BCUT2D eigenvalue weighted by molar-refractivity contribution is 8.05. The summed E-state index contributed by atoms with van der Waals surface area (Å²) in [5.74, 6) is 2.11. The largest absolute Gasteiger partial charge is 0.380 e. The Morgan fingerprint density at radius 2 is 0.812 bits per heavy atom. The topological polar surface area (TPSA) is 44.8 Å². The van der Waals surface area contributed by atoms with Crippen LogP contribution in [0, 0.1) is 11.8 Å². The quantitative estimate of drug-likeness (QED) is 0.0487. The Balaban J connectivity index is 1.32. The first-order chi connectivity index (χ1) is 23.5. The summed E-state index contributed by atoms with van der Waals surface area (Å²) in [4.78, 5) is 0. The molecule has 0 saturated heterocycles. The average molecular weight is 738 g/mol. The zero-order chi connectivity index (χ0) is 34.2. The van der Waals surface area contributed by atoms with Gasteiger partial charge in [0.25, 0.3) is 0 Å². The van der Waals surface area contributed by atoms with Gasteiger partial charge in [0.05, 0.1) is 13.2 Å². The van der Waals surface area contributed by atoms with E-state index in [2.05, 4.69) is 0 Å². The smallest absolute Gasteiger partial charge is 0.379 e. The van der Waals surface area contributed by atoms with Gasteiger partial charge in [-0.2, -0.15) is 0 Å². The van der Waals surface area contributed by atoms with Crippen molar-refractivity contribution in [1.29, 1.82) is 0 Å². The molecule has 2 aliphatic carbocycles. The van der Waals surface area contributed by atoms with E-state index >= 15 is 0 Å². The number of hydrogen-bond donors (Lipinski definition) is 0. The highest BCUT2D eigenvalue weighted by Crippen LogP contribution is 2.57. The maximum Gasteiger partial charge on any atom is 0.380 e. The summed E-state index contributed by atoms with van der Waals surface area (Å²) in [7, 11) is 0. The van der Waals surface area contributed by atoms with Crippen LogP contribution >= 0.6 is 28.6 Å². The number of rotatable bonds is 34. The summed E-state index contributed by atoms with van der Waals surface area (Å²) in [6.07, 6.45) is 43.6. The molecule has 0 amide bonds. The average Bonchev–Trinajstić information content (AvgIpc) is 3.09. The van der Waals surface area contributed by atoms with E-state index < -0.39 is 6.07 Å². The first-order valence-electron chi connectivity index (χ1n) is 21.4. The van der Waals surface area contributed by atoms with Gasteiger partial charge in [0.2, 0.25) is 0 Å². The van der Waals surface area contributed by atoms with Crippen LogP contribution in [0.2, 0.25) is 0 Å². The van der Waals surface area contributed by atoms with E-state index in [9.17, 15) is 4.57 Å². The summed E-state index contributed by atoms with van der Waals surface area (Å²) in [5, 5.41) is 0. The molecule has 0 aromatic carbocycles. The molecule has 0 aromatic rings. The minimum atomic E-state index is -3.57. The Morgan fingerprint density at radius 3 is 1.21 bits per heavy atom. The number of hydrogen-bond acceptors (Lipinski definition) is 4. The van der Waals surface area contributed by atoms with Gasteiger partial charge in [0.1, 0.15) is 6.10 Å². The molecule has 2 fully saturated rings. The van der Waals surface area contributed by atoms with Crippen molar-refractivity contribution in [3.05, 3.63) is 0 Å². The molecule has 0 bridgehead atoms. The predicted octanol–water partition coefficient (Wildman–Crippen LogP) is 15.5. The van der Waals surface area contributed by atoms with E-state index in [1.165, 1.54) is 205 Å². The number of ether oxygens (including phenoxy) is 2. The summed E-state index contributed by atoms with van der Waals surface area (Å²) in [6, 6.07) is 0. The van der Waals surface area contributed by atoms with Crippen LogP contribution in [0.15, 0.2) is 0 Å². The molecule has 1 unspecified atom stereocenters. The van der Waals surface area contributed by atoms with Crippen molar-refractivity contribution in [3.63, 3.8) is 0 Å². The lowest BCUT2D eigenvalue weighted by Crippen LogP contribution is -2.25. The van der Waals surface area contributed by atoms with Crippen molar-refractivity contribution in [2.45, 2.75) is 224 Å². The van der Waals surface area contributed by atoms with Crippen molar-refractivity contribution in [1.82, 2.24) is 0 Å². The summed E-state index contributed by atoms with van der Waals surface area (Å²) in [6.45, 7) is 1.91. The molecule has 0 heterocycles. The molecule has 0 spiro atoms. The maximum atomic E-state index is 11.6. The molecule has 0 radical (unpaired) electrons. The lowest BCUT2D eigenvalue weighted by Gasteiger charge is -2.21. The van der Waals surface area contributed by atoms with Crippen molar-refractivity contribution in [3.8, 4) is 0 Å². The van der Waals surface area contributed by atoms with Crippen LogP contribution in [-0.4, -0.2) is 32.5 Å². The predicted molar refractivity (Wildman–Crippen MR) is 210 cm³/mol. The van der Waals surface area contributed by atoms with E-state index in [1.54, 1.807) is 0 Å². The number of halogens is 2. The SMILES string of the molecule is O=P(Cl)(Cl)OCC(COCCCCCCCCCCCCCC1CCCCC1)OCCCCCCCCCCCCCC1CCCCC1. The highest BCUT2D eigenvalue weighted by Gasteiger charge is 2.19. The van der Waals surface area contributed by atoms with Crippen LogP contribution in [0.4, 0.5) is 0 Å². The van der Waals surface area contributed by atoms with Gasteiger partial charge in [0, 0.05) is 13.2 Å². The minimum absolute atomic E-state index is 0.103. The van der Waals surface area contributed by atoms with Gasteiger partial charge in [-0.1, -0.05) is 205 Å². The lowest BCUT2D eigenvalue weighted by atomic mass is 9.85. The van der Waals surface area contributed by atoms with Crippen molar-refractivity contribution in [2.75, 3.05) is 26.4 Å². The second-order valence-electron chi connectivity index (χ2n) is 15.6. The molecule has 2 aliphatic rings. The van der Waals surface area contributed by atoms with Crippen LogP contribution in [0.5, 0.6) is 0 Å². The lowest BCUT2D eigenvalue weighted by molar-refractivity contribution is -0.0376. The van der Waals surface area contributed by atoms with E-state index in [0.717, 1.165) is 31.3 Å². The molecule has 2 saturated carbocycles. The molecule has 7 heteroatoms. The third kappa shape index (κ3) is 29.3. The van der Waals surface area contributed by atoms with Gasteiger partial charge < -0.3 is 14.0 Å². The summed E-state index contributed by atoms with van der Waals surface area (Å²) >= 11 is 11.2. The minimum Gasteiger partial charge on any atom is -0.379 e. The van der Waals surface area contributed by atoms with Gasteiger partial charge in [-0.05, 0) is 47.2 Å². The fraction of sp³-hybridized carbons (Fsp3) is 1.00. The van der Waals surface area contributed by atoms with Gasteiger partial charge in [-0.3, -0.25) is 4.57 Å². The van der Waals surface area contributed by atoms with E-state index in [1.807, 2.05) is 0 Å². The zero-order valence-electron chi connectivity index (χ0n) is 31.4. The fourth-order valence-electron chi connectivity index (χ4n) is 8.08. The standard InChI is InChI=1S/C41H79Cl2O4P/c42-48(43,44)47-38-41(46-36-28-18-14-10-6-2-4-8-12-16-22-30-40-33-25-20-26-34-40)37-45-35-27-17-13-9-5-1-3-7-11-15-21-29-39-31-23-19-24-32-39/h39-41H,1-38H2. The molecule has 2 rings (SSSR count). The summed E-state index contributed by atoms with van der Waals surface area (Å²) < 4.78 is 28.7. The Morgan fingerprint density at radius 1 is 0.458 bits per heavy atom. The van der Waals surface area contributed by atoms with Crippen LogP contribution in [0.1, 0.15) is 218 Å². The second kappa shape index (κ2) is 32.3. The van der Waals surface area contributed by atoms with E-state index in [-0.39, 0.29) is 12.7 Å². The zero-order valence-corrected chi connectivity index (χ0v) is 33.8. The van der Waals surface area contributed by atoms with Gasteiger partial charge >= 0.3 is 6.07 Å². The van der Waals surface area contributed by atoms with Gasteiger partial charge in [0.15, 0.2) is 0 Å². The molecule has 1 atom stereocenters. The molecule has 0 N–H and O–H groups in total. The molecule has 48 heavy (non-hydrogen) atoms. The van der Waals surface area contributed by atoms with Gasteiger partial charge in [-0.25, -0.2) is 0 Å². The maximum absolute atomic E-state index is 11.6. The highest BCUT2D eigenvalue weighted by atomic mass is 35.9. The Kier molecular flexibility index (Phi) is 30.2. The third-order valence-electron chi connectivity index (χ3n) is 11.2.